The zero-order valence-electron chi connectivity index (χ0n) is 14.8. The number of hydrogen-bond acceptors (Lipinski definition) is 6. The Morgan fingerprint density at radius 1 is 1.04 bits per heavy atom. The molecule has 3 amide bonds. The van der Waals surface area contributed by atoms with Gasteiger partial charge in [-0.1, -0.05) is 36.4 Å². The van der Waals surface area contributed by atoms with Gasteiger partial charge >= 0.3 is 12.0 Å². The quantitative estimate of drug-likeness (QED) is 0.652. The minimum atomic E-state index is -1.29. The van der Waals surface area contributed by atoms with Crippen LogP contribution in [0.5, 0.6) is 0 Å². The third-order valence-electron chi connectivity index (χ3n) is 3.90. The van der Waals surface area contributed by atoms with Gasteiger partial charge in [0.15, 0.2) is 11.8 Å². The minimum Gasteiger partial charge on any atom is -0.448 e. The van der Waals surface area contributed by atoms with Gasteiger partial charge in [0.1, 0.15) is 0 Å². The van der Waals surface area contributed by atoms with Gasteiger partial charge in [-0.3, -0.25) is 14.9 Å². The third kappa shape index (κ3) is 3.73. The van der Waals surface area contributed by atoms with Crippen LogP contribution in [0, 0.1) is 0 Å². The van der Waals surface area contributed by atoms with Crippen molar-refractivity contribution in [1.82, 2.24) is 15.1 Å². The van der Waals surface area contributed by atoms with E-state index in [1.165, 1.54) is 6.92 Å². The first-order valence-corrected chi connectivity index (χ1v) is 8.27. The lowest BCUT2D eigenvalue weighted by molar-refractivity contribution is -0.127. The van der Waals surface area contributed by atoms with Crippen LogP contribution in [0.25, 0.3) is 16.5 Å². The lowest BCUT2D eigenvalue weighted by Gasteiger charge is -2.14. The smallest absolute Gasteiger partial charge is 0.360 e. The SMILES string of the molecule is C[C@@H](OC(=O)c1nn(-c2ccccc2)c(=O)c2ccccc12)C(=O)NC(N)=O. The highest BCUT2D eigenvalue weighted by Crippen LogP contribution is 2.16. The van der Waals surface area contributed by atoms with Crippen LogP contribution in [0.1, 0.15) is 17.4 Å². The normalized spacial score (nSPS) is 11.6. The number of amides is 3. The molecule has 0 aliphatic heterocycles. The van der Waals surface area contributed by atoms with E-state index in [1.54, 1.807) is 54.6 Å². The molecule has 0 aliphatic rings. The third-order valence-corrected chi connectivity index (χ3v) is 3.90. The number of rotatable bonds is 4. The van der Waals surface area contributed by atoms with Crippen molar-refractivity contribution in [1.29, 1.82) is 0 Å². The molecule has 28 heavy (non-hydrogen) atoms. The molecule has 0 saturated carbocycles. The van der Waals surface area contributed by atoms with Gasteiger partial charge in [-0.15, -0.1) is 0 Å². The second kappa shape index (κ2) is 7.70. The molecular weight excluding hydrogens is 364 g/mol. The van der Waals surface area contributed by atoms with Crippen molar-refractivity contribution >= 4 is 28.7 Å². The molecular formula is C19H16N4O5. The summed E-state index contributed by atoms with van der Waals surface area (Å²) in [6.45, 7) is 1.28. The van der Waals surface area contributed by atoms with Crippen molar-refractivity contribution in [3.8, 4) is 5.69 Å². The Kier molecular flexibility index (Phi) is 5.16. The number of nitrogens with zero attached hydrogens (tertiary/aromatic N) is 2. The highest BCUT2D eigenvalue weighted by atomic mass is 16.5. The number of ether oxygens (including phenoxy) is 1. The molecule has 0 unspecified atom stereocenters. The van der Waals surface area contributed by atoms with E-state index in [0.717, 1.165) is 4.68 Å². The topological polar surface area (TPSA) is 133 Å². The molecule has 0 radical (unpaired) electrons. The van der Waals surface area contributed by atoms with Crippen LogP contribution in [0.3, 0.4) is 0 Å². The Morgan fingerprint density at radius 2 is 1.64 bits per heavy atom. The first-order chi connectivity index (χ1) is 13.4. The standard InChI is InChI=1S/C19H16N4O5/c1-11(16(24)21-19(20)27)28-18(26)15-13-9-5-6-10-14(13)17(25)23(22-15)12-7-3-2-4-8-12/h2-11H,1H3,(H3,20,21,24,27)/t11-/m1/s1. The van der Waals surface area contributed by atoms with Gasteiger partial charge in [-0.2, -0.15) is 9.78 Å². The van der Waals surface area contributed by atoms with Gasteiger partial charge in [-0.05, 0) is 25.1 Å². The molecule has 0 aliphatic carbocycles. The maximum absolute atomic E-state index is 12.8. The van der Waals surface area contributed by atoms with Crippen molar-refractivity contribution in [2.75, 3.05) is 0 Å². The summed E-state index contributed by atoms with van der Waals surface area (Å²) < 4.78 is 6.19. The van der Waals surface area contributed by atoms with Crippen LogP contribution in [-0.2, 0) is 9.53 Å². The van der Waals surface area contributed by atoms with E-state index in [-0.39, 0.29) is 16.5 Å². The number of nitrogens with two attached hydrogens (primary N) is 1. The summed E-state index contributed by atoms with van der Waals surface area (Å²) in [5.74, 6) is -1.80. The number of esters is 1. The number of carbonyl (C=O) groups is 3. The molecule has 1 aromatic heterocycles. The van der Waals surface area contributed by atoms with Crippen molar-refractivity contribution < 1.29 is 19.1 Å². The van der Waals surface area contributed by atoms with Crippen LogP contribution in [0.15, 0.2) is 59.4 Å². The molecule has 0 saturated heterocycles. The summed E-state index contributed by atoms with van der Waals surface area (Å²) in [7, 11) is 0. The molecule has 2 aromatic carbocycles. The van der Waals surface area contributed by atoms with Gasteiger partial charge in [0.2, 0.25) is 0 Å². The Hall–Kier alpha value is -4.01. The Balaban J connectivity index is 2.06. The lowest BCUT2D eigenvalue weighted by atomic mass is 10.1. The summed E-state index contributed by atoms with van der Waals surface area (Å²) in [5, 5.41) is 6.53. The predicted molar refractivity (Wildman–Crippen MR) is 99.9 cm³/mol. The van der Waals surface area contributed by atoms with Crippen LogP contribution < -0.4 is 16.6 Å². The van der Waals surface area contributed by atoms with Gasteiger partial charge in [0, 0.05) is 5.39 Å². The molecule has 142 valence electrons. The fourth-order valence-electron chi connectivity index (χ4n) is 2.58. The van der Waals surface area contributed by atoms with E-state index in [1.807, 2.05) is 5.32 Å². The Bertz CT molecular complexity index is 1120. The van der Waals surface area contributed by atoms with E-state index in [4.69, 9.17) is 10.5 Å². The van der Waals surface area contributed by atoms with Crippen molar-refractivity contribution in [2.45, 2.75) is 13.0 Å². The fourth-order valence-corrected chi connectivity index (χ4v) is 2.58. The zero-order chi connectivity index (χ0) is 20.3. The zero-order valence-corrected chi connectivity index (χ0v) is 14.8. The number of imide groups is 1. The molecule has 3 aromatic rings. The van der Waals surface area contributed by atoms with Crippen LogP contribution in [0.2, 0.25) is 0 Å². The predicted octanol–water partition coefficient (Wildman–Crippen LogP) is 1.13. The van der Waals surface area contributed by atoms with E-state index in [0.29, 0.717) is 5.69 Å². The maximum atomic E-state index is 12.8. The van der Waals surface area contributed by atoms with Gasteiger partial charge in [0.05, 0.1) is 11.1 Å². The second-order valence-electron chi connectivity index (χ2n) is 5.85. The molecule has 0 bridgehead atoms. The van der Waals surface area contributed by atoms with Crippen molar-refractivity contribution in [3.05, 3.63) is 70.6 Å². The Labute approximate surface area is 158 Å². The number of para-hydroxylation sites is 1. The van der Waals surface area contributed by atoms with E-state index >= 15 is 0 Å². The molecule has 3 N–H and O–H groups in total. The number of fused-ring (bicyclic) bond motifs is 1. The average Bonchev–Trinajstić information content (AvgIpc) is 2.68. The van der Waals surface area contributed by atoms with E-state index in [2.05, 4.69) is 5.10 Å². The summed E-state index contributed by atoms with van der Waals surface area (Å²) in [5.41, 5.74) is 4.81. The molecule has 9 heteroatoms. The number of hydrogen-bond donors (Lipinski definition) is 2. The fraction of sp³-hybridized carbons (Fsp3) is 0.105. The molecule has 1 heterocycles. The summed E-state index contributed by atoms with van der Waals surface area (Å²) in [4.78, 5) is 48.0. The van der Waals surface area contributed by atoms with Crippen LogP contribution in [-0.4, -0.2) is 33.8 Å². The monoisotopic (exact) mass is 380 g/mol. The first kappa shape index (κ1) is 18.8. The van der Waals surface area contributed by atoms with Crippen molar-refractivity contribution in [2.24, 2.45) is 5.73 Å². The second-order valence-corrected chi connectivity index (χ2v) is 5.85. The average molecular weight is 380 g/mol. The highest BCUT2D eigenvalue weighted by Gasteiger charge is 2.24. The lowest BCUT2D eigenvalue weighted by Crippen LogP contribution is -2.42. The summed E-state index contributed by atoms with van der Waals surface area (Å²) in [6.07, 6.45) is -1.29. The first-order valence-electron chi connectivity index (χ1n) is 8.27. The van der Waals surface area contributed by atoms with Crippen LogP contribution >= 0.6 is 0 Å². The molecule has 0 spiro atoms. The Morgan fingerprint density at radius 3 is 2.29 bits per heavy atom. The number of benzene rings is 2. The minimum absolute atomic E-state index is 0.141. The van der Waals surface area contributed by atoms with E-state index < -0.39 is 29.6 Å². The van der Waals surface area contributed by atoms with Crippen LogP contribution in [0.4, 0.5) is 4.79 Å². The highest BCUT2D eigenvalue weighted by molar-refractivity contribution is 6.03. The number of nitrogens with one attached hydrogen (secondary N) is 1. The number of primary amides is 1. The summed E-state index contributed by atoms with van der Waals surface area (Å²) in [6, 6.07) is 14.0. The van der Waals surface area contributed by atoms with E-state index in [9.17, 15) is 19.2 Å². The number of carbonyl (C=O) groups excluding carboxylic acids is 3. The number of urea groups is 1. The molecule has 1 atom stereocenters. The van der Waals surface area contributed by atoms with Gasteiger partial charge < -0.3 is 10.5 Å². The number of aromatic nitrogens is 2. The largest absolute Gasteiger partial charge is 0.448 e. The maximum Gasteiger partial charge on any atom is 0.360 e. The van der Waals surface area contributed by atoms with Gasteiger partial charge in [0.25, 0.3) is 11.5 Å². The molecule has 0 fully saturated rings. The summed E-state index contributed by atoms with van der Waals surface area (Å²) >= 11 is 0. The van der Waals surface area contributed by atoms with Crippen molar-refractivity contribution in [3.63, 3.8) is 0 Å². The van der Waals surface area contributed by atoms with Gasteiger partial charge in [-0.25, -0.2) is 9.59 Å². The molecule has 9 nitrogen and oxygen atoms in total. The molecule has 3 rings (SSSR count).